The second-order valence-corrected chi connectivity index (χ2v) is 6.25. The Labute approximate surface area is 130 Å². The largest absolute Gasteiger partial charge is 0.441 e. The molecule has 2 amide bonds. The number of carbonyl (C=O) groups is 3. The van der Waals surface area contributed by atoms with E-state index >= 15 is 0 Å². The quantitative estimate of drug-likeness (QED) is 0.620. The van der Waals surface area contributed by atoms with Crippen molar-refractivity contribution in [3.8, 4) is 0 Å². The number of fused-ring (bicyclic) bond motifs is 1. The van der Waals surface area contributed by atoms with E-state index in [1.54, 1.807) is 24.3 Å². The molecule has 0 radical (unpaired) electrons. The fourth-order valence-electron chi connectivity index (χ4n) is 2.44. The van der Waals surface area contributed by atoms with Crippen LogP contribution in [0.2, 0.25) is 0 Å². The standard InChI is InChI=1S/C17H21NO4/c1-10(2)9-14(19)22-17(11(3)4)18-15(20)12-7-5-6-8-13(12)16(18)21/h5-8,10-11,17H,9H2,1-4H3. The molecule has 1 unspecified atom stereocenters. The van der Waals surface area contributed by atoms with Crippen molar-refractivity contribution in [1.29, 1.82) is 0 Å². The van der Waals surface area contributed by atoms with Crippen LogP contribution in [0.3, 0.4) is 0 Å². The Kier molecular flexibility index (Phi) is 4.64. The summed E-state index contributed by atoms with van der Waals surface area (Å²) in [7, 11) is 0. The van der Waals surface area contributed by atoms with Crippen molar-refractivity contribution in [2.45, 2.75) is 40.3 Å². The molecule has 1 aromatic carbocycles. The van der Waals surface area contributed by atoms with E-state index in [4.69, 9.17) is 4.74 Å². The van der Waals surface area contributed by atoms with Crippen LogP contribution in [0.1, 0.15) is 54.8 Å². The van der Waals surface area contributed by atoms with E-state index in [0.29, 0.717) is 11.1 Å². The summed E-state index contributed by atoms with van der Waals surface area (Å²) in [5.74, 6) is -1.24. The van der Waals surface area contributed by atoms with E-state index in [-0.39, 0.29) is 18.3 Å². The van der Waals surface area contributed by atoms with Crippen molar-refractivity contribution in [3.63, 3.8) is 0 Å². The highest BCUT2D eigenvalue weighted by molar-refractivity contribution is 6.21. The van der Waals surface area contributed by atoms with Gasteiger partial charge >= 0.3 is 5.97 Å². The molecule has 0 aliphatic carbocycles. The third-order valence-electron chi connectivity index (χ3n) is 3.48. The van der Waals surface area contributed by atoms with Gasteiger partial charge in [-0.15, -0.1) is 0 Å². The average Bonchev–Trinajstić information content (AvgIpc) is 2.68. The van der Waals surface area contributed by atoms with E-state index in [2.05, 4.69) is 0 Å². The van der Waals surface area contributed by atoms with E-state index in [0.717, 1.165) is 4.90 Å². The number of amides is 2. The summed E-state index contributed by atoms with van der Waals surface area (Å²) in [6, 6.07) is 6.65. The fourth-order valence-corrected chi connectivity index (χ4v) is 2.44. The first-order valence-electron chi connectivity index (χ1n) is 7.49. The van der Waals surface area contributed by atoms with Gasteiger partial charge in [0.25, 0.3) is 11.8 Å². The van der Waals surface area contributed by atoms with E-state index in [1.807, 2.05) is 27.7 Å². The van der Waals surface area contributed by atoms with Crippen LogP contribution in [0.25, 0.3) is 0 Å². The van der Waals surface area contributed by atoms with Gasteiger partial charge < -0.3 is 4.74 Å². The molecule has 22 heavy (non-hydrogen) atoms. The van der Waals surface area contributed by atoms with Gasteiger partial charge in [0.2, 0.25) is 0 Å². The van der Waals surface area contributed by atoms with Crippen LogP contribution in [-0.2, 0) is 9.53 Å². The summed E-state index contributed by atoms with van der Waals surface area (Å²) < 4.78 is 5.42. The monoisotopic (exact) mass is 303 g/mol. The molecule has 0 N–H and O–H groups in total. The molecular weight excluding hydrogens is 282 g/mol. The van der Waals surface area contributed by atoms with E-state index < -0.39 is 24.0 Å². The number of carbonyl (C=O) groups excluding carboxylic acids is 3. The molecule has 2 rings (SSSR count). The molecule has 0 fully saturated rings. The number of rotatable bonds is 5. The molecule has 0 saturated carbocycles. The van der Waals surface area contributed by atoms with Gasteiger partial charge in [-0.2, -0.15) is 0 Å². The lowest BCUT2D eigenvalue weighted by Gasteiger charge is -2.29. The highest BCUT2D eigenvalue weighted by atomic mass is 16.6. The molecular formula is C17H21NO4. The maximum Gasteiger partial charge on any atom is 0.307 e. The van der Waals surface area contributed by atoms with Crippen LogP contribution in [0, 0.1) is 11.8 Å². The lowest BCUT2D eigenvalue weighted by molar-refractivity contribution is -0.159. The second kappa shape index (κ2) is 6.30. The molecule has 0 spiro atoms. The van der Waals surface area contributed by atoms with Gasteiger partial charge in [-0.25, -0.2) is 4.90 Å². The fraction of sp³-hybridized carbons (Fsp3) is 0.471. The maximum atomic E-state index is 12.5. The normalized spacial score (nSPS) is 15.5. The number of ether oxygens (including phenoxy) is 1. The predicted octanol–water partition coefficient (Wildman–Crippen LogP) is 2.85. The first-order chi connectivity index (χ1) is 10.3. The minimum absolute atomic E-state index is 0.155. The first kappa shape index (κ1) is 16.2. The Morgan fingerprint density at radius 3 is 1.95 bits per heavy atom. The molecule has 0 aromatic heterocycles. The Morgan fingerprint density at radius 2 is 1.55 bits per heavy atom. The van der Waals surface area contributed by atoms with Gasteiger partial charge in [0.1, 0.15) is 0 Å². The second-order valence-electron chi connectivity index (χ2n) is 6.25. The summed E-state index contributed by atoms with van der Waals surface area (Å²) >= 11 is 0. The van der Waals surface area contributed by atoms with Crippen molar-refractivity contribution < 1.29 is 19.1 Å². The predicted molar refractivity (Wildman–Crippen MR) is 81.1 cm³/mol. The van der Waals surface area contributed by atoms with Gasteiger partial charge in [-0.05, 0) is 18.1 Å². The van der Waals surface area contributed by atoms with Gasteiger partial charge in [-0.3, -0.25) is 14.4 Å². The molecule has 1 aliphatic rings. The van der Waals surface area contributed by atoms with Crippen molar-refractivity contribution in [2.24, 2.45) is 11.8 Å². The highest BCUT2D eigenvalue weighted by Gasteiger charge is 2.42. The Hall–Kier alpha value is -2.17. The molecule has 5 nitrogen and oxygen atoms in total. The number of esters is 1. The summed E-state index contributed by atoms with van der Waals surface area (Å²) in [5.41, 5.74) is 0.719. The molecule has 118 valence electrons. The molecule has 0 bridgehead atoms. The first-order valence-corrected chi connectivity index (χ1v) is 7.49. The Bertz CT molecular complexity index is 571. The van der Waals surface area contributed by atoms with Crippen molar-refractivity contribution in [1.82, 2.24) is 4.90 Å². The van der Waals surface area contributed by atoms with Gasteiger partial charge in [0, 0.05) is 12.3 Å². The molecule has 5 heteroatoms. The van der Waals surface area contributed by atoms with Crippen molar-refractivity contribution in [2.75, 3.05) is 0 Å². The van der Waals surface area contributed by atoms with Crippen LogP contribution in [0.15, 0.2) is 24.3 Å². The number of benzene rings is 1. The summed E-state index contributed by atoms with van der Waals surface area (Å²) in [6.45, 7) is 7.45. The van der Waals surface area contributed by atoms with Gasteiger partial charge in [-0.1, -0.05) is 39.8 Å². The van der Waals surface area contributed by atoms with Crippen LogP contribution in [0.4, 0.5) is 0 Å². The zero-order valence-electron chi connectivity index (χ0n) is 13.3. The van der Waals surface area contributed by atoms with Crippen LogP contribution in [0.5, 0.6) is 0 Å². The van der Waals surface area contributed by atoms with Crippen molar-refractivity contribution >= 4 is 17.8 Å². The molecule has 1 heterocycles. The summed E-state index contributed by atoms with van der Waals surface area (Å²) in [4.78, 5) is 37.9. The van der Waals surface area contributed by atoms with Crippen LogP contribution in [-0.4, -0.2) is 28.9 Å². The van der Waals surface area contributed by atoms with Crippen molar-refractivity contribution in [3.05, 3.63) is 35.4 Å². The van der Waals surface area contributed by atoms with Crippen LogP contribution >= 0.6 is 0 Å². The molecule has 1 aromatic rings. The maximum absolute atomic E-state index is 12.5. The number of hydrogen-bond acceptors (Lipinski definition) is 4. The molecule has 1 aliphatic heterocycles. The SMILES string of the molecule is CC(C)CC(=O)OC(C(C)C)N1C(=O)c2ccccc2C1=O. The lowest BCUT2D eigenvalue weighted by Crippen LogP contribution is -2.45. The number of imide groups is 1. The number of hydrogen-bond donors (Lipinski definition) is 0. The third kappa shape index (κ3) is 3.03. The average molecular weight is 303 g/mol. The van der Waals surface area contributed by atoms with Crippen LogP contribution < -0.4 is 0 Å². The molecule has 1 atom stereocenters. The lowest BCUT2D eigenvalue weighted by atomic mass is 10.1. The third-order valence-corrected chi connectivity index (χ3v) is 3.48. The van der Waals surface area contributed by atoms with E-state index in [1.165, 1.54) is 0 Å². The minimum atomic E-state index is -0.876. The smallest absolute Gasteiger partial charge is 0.307 e. The summed E-state index contributed by atoms with van der Waals surface area (Å²) in [6.07, 6.45) is -0.620. The summed E-state index contributed by atoms with van der Waals surface area (Å²) in [5, 5.41) is 0. The number of nitrogens with zero attached hydrogens (tertiary/aromatic N) is 1. The Balaban J connectivity index is 2.26. The molecule has 0 saturated heterocycles. The zero-order chi connectivity index (χ0) is 16.4. The zero-order valence-corrected chi connectivity index (χ0v) is 13.3. The van der Waals surface area contributed by atoms with E-state index in [9.17, 15) is 14.4 Å². The topological polar surface area (TPSA) is 63.7 Å². The van der Waals surface area contributed by atoms with Gasteiger partial charge in [0.15, 0.2) is 6.23 Å². The van der Waals surface area contributed by atoms with Gasteiger partial charge in [0.05, 0.1) is 11.1 Å². The highest BCUT2D eigenvalue weighted by Crippen LogP contribution is 2.27. The Morgan fingerprint density at radius 1 is 1.05 bits per heavy atom. The minimum Gasteiger partial charge on any atom is -0.441 e.